The van der Waals surface area contributed by atoms with E-state index in [0.717, 1.165) is 12.0 Å². The van der Waals surface area contributed by atoms with Crippen LogP contribution in [0.15, 0.2) is 24.3 Å². The second-order valence-corrected chi connectivity index (χ2v) is 5.07. The minimum Gasteiger partial charge on any atom is -0.370 e. The quantitative estimate of drug-likeness (QED) is 0.896. The lowest BCUT2D eigenvalue weighted by atomic mass is 10.1. The van der Waals surface area contributed by atoms with Crippen molar-refractivity contribution in [2.45, 2.75) is 32.5 Å². The second kappa shape index (κ2) is 6.17. The number of ether oxygens (including phenoxy) is 1. The number of rotatable bonds is 3. The fourth-order valence-corrected chi connectivity index (χ4v) is 2.41. The number of hydrogen-bond acceptors (Lipinski definition) is 3. The van der Waals surface area contributed by atoms with Gasteiger partial charge >= 0.3 is 0 Å². The Hall–Kier alpha value is -1.39. The molecule has 1 aromatic carbocycles. The SMILES string of the molecule is CCc1ccc(C(=O)N2CC(C)OC(CN)C2)cc1. The smallest absolute Gasteiger partial charge is 0.254 e. The van der Waals surface area contributed by atoms with E-state index >= 15 is 0 Å². The highest BCUT2D eigenvalue weighted by molar-refractivity contribution is 5.94. The van der Waals surface area contributed by atoms with Crippen molar-refractivity contribution in [3.05, 3.63) is 35.4 Å². The zero-order valence-corrected chi connectivity index (χ0v) is 11.6. The van der Waals surface area contributed by atoms with Crippen LogP contribution >= 0.6 is 0 Å². The van der Waals surface area contributed by atoms with Gasteiger partial charge in [-0.1, -0.05) is 19.1 Å². The lowest BCUT2D eigenvalue weighted by Crippen LogP contribution is -2.51. The Balaban J connectivity index is 2.09. The van der Waals surface area contributed by atoms with Gasteiger partial charge in [-0.25, -0.2) is 0 Å². The van der Waals surface area contributed by atoms with Gasteiger partial charge in [0, 0.05) is 25.2 Å². The normalized spacial score (nSPS) is 23.4. The van der Waals surface area contributed by atoms with Crippen molar-refractivity contribution in [3.8, 4) is 0 Å². The summed E-state index contributed by atoms with van der Waals surface area (Å²) < 4.78 is 5.67. The molecular weight excluding hydrogens is 240 g/mol. The van der Waals surface area contributed by atoms with Gasteiger partial charge in [0.25, 0.3) is 5.91 Å². The summed E-state index contributed by atoms with van der Waals surface area (Å²) >= 11 is 0. The summed E-state index contributed by atoms with van der Waals surface area (Å²) in [6.45, 7) is 5.73. The molecule has 2 rings (SSSR count). The fraction of sp³-hybridized carbons (Fsp3) is 0.533. The van der Waals surface area contributed by atoms with Crippen molar-refractivity contribution in [1.82, 2.24) is 4.90 Å². The van der Waals surface area contributed by atoms with Crippen LogP contribution in [0.4, 0.5) is 0 Å². The van der Waals surface area contributed by atoms with Crippen molar-refractivity contribution in [2.24, 2.45) is 5.73 Å². The van der Waals surface area contributed by atoms with Crippen LogP contribution in [0.1, 0.15) is 29.8 Å². The van der Waals surface area contributed by atoms with E-state index in [1.807, 2.05) is 36.1 Å². The average Bonchev–Trinajstić information content (AvgIpc) is 2.46. The van der Waals surface area contributed by atoms with Crippen molar-refractivity contribution < 1.29 is 9.53 Å². The zero-order chi connectivity index (χ0) is 13.8. The lowest BCUT2D eigenvalue weighted by molar-refractivity contribution is -0.0625. The third kappa shape index (κ3) is 3.33. The minimum absolute atomic E-state index is 0.0427. The largest absolute Gasteiger partial charge is 0.370 e. The molecule has 1 fully saturated rings. The Labute approximate surface area is 114 Å². The van der Waals surface area contributed by atoms with E-state index in [0.29, 0.717) is 19.6 Å². The summed E-state index contributed by atoms with van der Waals surface area (Å²) in [5.74, 6) is 0.0660. The van der Waals surface area contributed by atoms with Crippen LogP contribution in [0, 0.1) is 0 Å². The maximum Gasteiger partial charge on any atom is 0.254 e. The van der Waals surface area contributed by atoms with E-state index in [-0.39, 0.29) is 18.1 Å². The van der Waals surface area contributed by atoms with E-state index in [9.17, 15) is 4.79 Å². The van der Waals surface area contributed by atoms with Gasteiger partial charge in [-0.05, 0) is 31.0 Å². The number of amides is 1. The Morgan fingerprint density at radius 3 is 2.63 bits per heavy atom. The number of morpholine rings is 1. The van der Waals surface area contributed by atoms with E-state index in [4.69, 9.17) is 10.5 Å². The minimum atomic E-state index is -0.0531. The van der Waals surface area contributed by atoms with Crippen molar-refractivity contribution in [1.29, 1.82) is 0 Å². The monoisotopic (exact) mass is 262 g/mol. The molecule has 104 valence electrons. The standard InChI is InChI=1S/C15H22N2O2/c1-3-12-4-6-13(7-5-12)15(18)17-9-11(2)19-14(8-16)10-17/h4-7,11,14H,3,8-10,16H2,1-2H3. The summed E-state index contributed by atoms with van der Waals surface area (Å²) in [4.78, 5) is 14.3. The molecule has 19 heavy (non-hydrogen) atoms. The highest BCUT2D eigenvalue weighted by Gasteiger charge is 2.28. The summed E-state index contributed by atoms with van der Waals surface area (Å²) in [7, 11) is 0. The van der Waals surface area contributed by atoms with Gasteiger partial charge in [0.15, 0.2) is 0 Å². The summed E-state index contributed by atoms with van der Waals surface area (Å²) in [5, 5.41) is 0. The van der Waals surface area contributed by atoms with Crippen molar-refractivity contribution in [3.63, 3.8) is 0 Å². The summed E-state index contributed by atoms with van der Waals surface area (Å²) in [6, 6.07) is 7.83. The summed E-state index contributed by atoms with van der Waals surface area (Å²) in [5.41, 5.74) is 7.62. The van der Waals surface area contributed by atoms with Crippen LogP contribution in [0.2, 0.25) is 0 Å². The molecule has 4 nitrogen and oxygen atoms in total. The molecule has 1 aliphatic rings. The fourth-order valence-electron chi connectivity index (χ4n) is 2.41. The predicted octanol–water partition coefficient (Wildman–Crippen LogP) is 1.44. The molecule has 0 saturated carbocycles. The first kappa shape index (κ1) is 14.0. The van der Waals surface area contributed by atoms with E-state index in [2.05, 4.69) is 6.92 Å². The molecule has 0 bridgehead atoms. The number of hydrogen-bond donors (Lipinski definition) is 1. The van der Waals surface area contributed by atoms with Gasteiger partial charge in [0.05, 0.1) is 12.2 Å². The molecule has 1 aliphatic heterocycles. The number of nitrogens with two attached hydrogens (primary N) is 1. The zero-order valence-electron chi connectivity index (χ0n) is 11.6. The Morgan fingerprint density at radius 1 is 1.37 bits per heavy atom. The topological polar surface area (TPSA) is 55.6 Å². The Morgan fingerprint density at radius 2 is 2.05 bits per heavy atom. The molecule has 0 aliphatic carbocycles. The van der Waals surface area contributed by atoms with Crippen LogP contribution in [-0.2, 0) is 11.2 Å². The first-order valence-electron chi connectivity index (χ1n) is 6.87. The van der Waals surface area contributed by atoms with Crippen LogP contribution in [0.5, 0.6) is 0 Å². The van der Waals surface area contributed by atoms with Gasteiger partial charge < -0.3 is 15.4 Å². The molecule has 0 aromatic heterocycles. The number of carbonyl (C=O) groups excluding carboxylic acids is 1. The maximum atomic E-state index is 12.4. The van der Waals surface area contributed by atoms with Gasteiger partial charge in [-0.15, -0.1) is 0 Å². The molecule has 2 N–H and O–H groups in total. The van der Waals surface area contributed by atoms with Gasteiger partial charge in [0.2, 0.25) is 0 Å². The molecule has 4 heteroatoms. The Kier molecular flexibility index (Phi) is 4.56. The molecule has 2 unspecified atom stereocenters. The number of aryl methyl sites for hydroxylation is 1. The molecule has 1 aromatic rings. The van der Waals surface area contributed by atoms with Gasteiger partial charge in [-0.2, -0.15) is 0 Å². The Bertz CT molecular complexity index is 430. The highest BCUT2D eigenvalue weighted by Crippen LogP contribution is 2.15. The van der Waals surface area contributed by atoms with Crippen LogP contribution in [-0.4, -0.2) is 42.6 Å². The lowest BCUT2D eigenvalue weighted by Gasteiger charge is -2.36. The maximum absolute atomic E-state index is 12.4. The third-order valence-electron chi connectivity index (χ3n) is 3.49. The van der Waals surface area contributed by atoms with E-state index in [1.165, 1.54) is 5.56 Å². The van der Waals surface area contributed by atoms with Crippen molar-refractivity contribution >= 4 is 5.91 Å². The first-order valence-corrected chi connectivity index (χ1v) is 6.87. The van der Waals surface area contributed by atoms with Gasteiger partial charge in [0.1, 0.15) is 0 Å². The number of nitrogens with zero attached hydrogens (tertiary/aromatic N) is 1. The molecule has 2 atom stereocenters. The second-order valence-electron chi connectivity index (χ2n) is 5.07. The molecule has 1 amide bonds. The number of benzene rings is 1. The molecule has 0 radical (unpaired) electrons. The van der Waals surface area contributed by atoms with Crippen molar-refractivity contribution in [2.75, 3.05) is 19.6 Å². The average molecular weight is 262 g/mol. The van der Waals surface area contributed by atoms with Gasteiger partial charge in [-0.3, -0.25) is 4.79 Å². The van der Waals surface area contributed by atoms with Crippen LogP contribution < -0.4 is 5.73 Å². The van der Waals surface area contributed by atoms with Crippen LogP contribution in [0.3, 0.4) is 0 Å². The molecule has 1 heterocycles. The van der Waals surface area contributed by atoms with E-state index in [1.54, 1.807) is 0 Å². The molecule has 1 saturated heterocycles. The van der Waals surface area contributed by atoms with E-state index < -0.39 is 0 Å². The number of carbonyl (C=O) groups is 1. The van der Waals surface area contributed by atoms with Crippen LogP contribution in [0.25, 0.3) is 0 Å². The third-order valence-corrected chi connectivity index (χ3v) is 3.49. The predicted molar refractivity (Wildman–Crippen MR) is 75.1 cm³/mol. The molecular formula is C15H22N2O2. The first-order chi connectivity index (χ1) is 9.13. The summed E-state index contributed by atoms with van der Waals surface area (Å²) in [6.07, 6.45) is 0.974. The molecule has 0 spiro atoms. The highest BCUT2D eigenvalue weighted by atomic mass is 16.5.